The van der Waals surface area contributed by atoms with Crippen LogP contribution < -0.4 is 10.1 Å². The summed E-state index contributed by atoms with van der Waals surface area (Å²) in [5, 5.41) is 14.7. The predicted octanol–water partition coefficient (Wildman–Crippen LogP) is 4.98. The van der Waals surface area contributed by atoms with E-state index in [9.17, 15) is 10.1 Å². The molecule has 0 spiro atoms. The second-order valence-electron chi connectivity index (χ2n) is 8.18. The monoisotopic (exact) mass is 445 g/mol. The summed E-state index contributed by atoms with van der Waals surface area (Å²) < 4.78 is 11.4. The van der Waals surface area contributed by atoms with Crippen LogP contribution in [0.1, 0.15) is 36.4 Å². The molecule has 1 aliphatic carbocycles. The number of hydrogen-bond donors (Lipinski definition) is 1. The number of nitriles is 1. The molecule has 1 amide bonds. The molecule has 162 valence electrons. The fourth-order valence-corrected chi connectivity index (χ4v) is 4.72. The van der Waals surface area contributed by atoms with Crippen molar-refractivity contribution in [2.45, 2.75) is 31.3 Å². The van der Waals surface area contributed by atoms with E-state index in [1.165, 1.54) is 0 Å². The fraction of sp³-hybridized carbons (Fsp3) is 0.320. The van der Waals surface area contributed by atoms with Gasteiger partial charge in [-0.05, 0) is 41.8 Å². The van der Waals surface area contributed by atoms with E-state index in [4.69, 9.17) is 9.47 Å². The number of anilines is 1. The van der Waals surface area contributed by atoms with Gasteiger partial charge in [0.25, 0.3) is 0 Å². The zero-order valence-electron chi connectivity index (χ0n) is 17.5. The van der Waals surface area contributed by atoms with E-state index in [1.54, 1.807) is 11.3 Å². The molecule has 7 heteroatoms. The number of benzene rings is 2. The normalized spacial score (nSPS) is 20.3. The molecule has 32 heavy (non-hydrogen) atoms. The summed E-state index contributed by atoms with van der Waals surface area (Å²) in [5.41, 5.74) is 5.91. The molecule has 2 aromatic carbocycles. The molecule has 0 radical (unpaired) electrons. The number of hydrogen-bond acceptors (Lipinski definition) is 6. The van der Waals surface area contributed by atoms with Crippen LogP contribution in [0.5, 0.6) is 5.75 Å². The maximum Gasteiger partial charge on any atom is 0.228 e. The first-order chi connectivity index (χ1) is 15.7. The van der Waals surface area contributed by atoms with E-state index in [-0.39, 0.29) is 23.8 Å². The molecule has 5 rings (SSSR count). The first kappa shape index (κ1) is 20.7. The molecule has 2 atom stereocenters. The largest absolute Gasteiger partial charge is 0.489 e. The van der Waals surface area contributed by atoms with Crippen LogP contribution in [-0.2, 0) is 9.53 Å². The Labute approximate surface area is 190 Å². The lowest BCUT2D eigenvalue weighted by Gasteiger charge is -2.23. The average molecular weight is 446 g/mol. The topological polar surface area (TPSA) is 84.2 Å². The summed E-state index contributed by atoms with van der Waals surface area (Å²) in [5.74, 6) is 0.839. The van der Waals surface area contributed by atoms with Gasteiger partial charge in [-0.3, -0.25) is 4.79 Å². The van der Waals surface area contributed by atoms with Crippen LogP contribution in [0.25, 0.3) is 11.1 Å². The van der Waals surface area contributed by atoms with Gasteiger partial charge in [-0.1, -0.05) is 18.2 Å². The summed E-state index contributed by atoms with van der Waals surface area (Å²) in [6.45, 7) is 1.38. The van der Waals surface area contributed by atoms with Crippen LogP contribution in [0.3, 0.4) is 0 Å². The van der Waals surface area contributed by atoms with Gasteiger partial charge in [0.1, 0.15) is 17.9 Å². The minimum absolute atomic E-state index is 0.0208. The highest BCUT2D eigenvalue weighted by molar-refractivity contribution is 7.07. The predicted molar refractivity (Wildman–Crippen MR) is 123 cm³/mol. The van der Waals surface area contributed by atoms with Crippen LogP contribution >= 0.6 is 11.3 Å². The Hall–Kier alpha value is -3.21. The Morgan fingerprint density at radius 1 is 1.19 bits per heavy atom. The van der Waals surface area contributed by atoms with Crippen LogP contribution in [0.4, 0.5) is 5.69 Å². The molecule has 0 bridgehead atoms. The standard InChI is InChI=1S/C25H23N3O3S/c26-13-18-10-17(4-5-24(18)31-20-6-8-30-9-7-20)16-2-1-3-19(11-16)28-25(29)22-12-21(22)23-14-32-15-27-23/h1-5,10-11,14-15,20-22H,6-9,12H2,(H,28,29)/t21-,22-/m0/s1. The number of rotatable bonds is 6. The van der Waals surface area contributed by atoms with Gasteiger partial charge < -0.3 is 14.8 Å². The molecular formula is C25H23N3O3S. The average Bonchev–Trinajstić information content (AvgIpc) is 3.45. The molecule has 1 aromatic heterocycles. The van der Waals surface area contributed by atoms with Crippen molar-refractivity contribution in [1.82, 2.24) is 4.98 Å². The van der Waals surface area contributed by atoms with E-state index >= 15 is 0 Å². The molecule has 3 aromatic rings. The highest BCUT2D eigenvalue weighted by Gasteiger charge is 2.45. The van der Waals surface area contributed by atoms with Gasteiger partial charge in [0, 0.05) is 35.7 Å². The molecule has 1 aliphatic heterocycles. The van der Waals surface area contributed by atoms with Crippen molar-refractivity contribution >= 4 is 22.9 Å². The van der Waals surface area contributed by atoms with Crippen LogP contribution in [0.15, 0.2) is 53.4 Å². The lowest BCUT2D eigenvalue weighted by Crippen LogP contribution is -2.26. The third-order valence-corrected chi connectivity index (χ3v) is 6.59. The van der Waals surface area contributed by atoms with Gasteiger partial charge in [0.2, 0.25) is 5.91 Å². The first-order valence-electron chi connectivity index (χ1n) is 10.8. The minimum Gasteiger partial charge on any atom is -0.489 e. The maximum absolute atomic E-state index is 12.7. The van der Waals surface area contributed by atoms with Crippen molar-refractivity contribution in [3.63, 3.8) is 0 Å². The Morgan fingerprint density at radius 2 is 2.03 bits per heavy atom. The van der Waals surface area contributed by atoms with Gasteiger partial charge in [-0.15, -0.1) is 11.3 Å². The fourth-order valence-electron chi connectivity index (χ4n) is 4.10. The smallest absolute Gasteiger partial charge is 0.228 e. The van der Waals surface area contributed by atoms with Crippen molar-refractivity contribution in [2.75, 3.05) is 18.5 Å². The number of ether oxygens (including phenoxy) is 2. The number of amides is 1. The summed E-state index contributed by atoms with van der Waals surface area (Å²) in [4.78, 5) is 17.0. The van der Waals surface area contributed by atoms with Gasteiger partial charge in [0.05, 0.1) is 30.0 Å². The second-order valence-corrected chi connectivity index (χ2v) is 8.90. The van der Waals surface area contributed by atoms with E-state index < -0.39 is 0 Å². The number of carbonyl (C=O) groups is 1. The van der Waals surface area contributed by atoms with Crippen molar-refractivity contribution in [2.24, 2.45) is 5.92 Å². The summed E-state index contributed by atoms with van der Waals surface area (Å²) >= 11 is 1.56. The quantitative estimate of drug-likeness (QED) is 0.578. The minimum atomic E-state index is -0.0208. The highest BCUT2D eigenvalue weighted by Crippen LogP contribution is 2.47. The van der Waals surface area contributed by atoms with Gasteiger partial charge in [-0.25, -0.2) is 4.98 Å². The molecule has 1 saturated carbocycles. The zero-order valence-corrected chi connectivity index (χ0v) is 18.3. The number of nitrogens with zero attached hydrogens (tertiary/aromatic N) is 2. The Bertz CT molecular complexity index is 1150. The Kier molecular flexibility index (Phi) is 5.89. The third kappa shape index (κ3) is 4.52. The summed E-state index contributed by atoms with van der Waals surface area (Å²) in [6.07, 6.45) is 2.59. The Morgan fingerprint density at radius 3 is 2.81 bits per heavy atom. The maximum atomic E-state index is 12.7. The summed E-state index contributed by atoms with van der Waals surface area (Å²) in [7, 11) is 0. The Balaban J connectivity index is 1.28. The van der Waals surface area contributed by atoms with Crippen LogP contribution in [0.2, 0.25) is 0 Å². The van der Waals surface area contributed by atoms with E-state index in [2.05, 4.69) is 16.4 Å². The molecule has 0 unspecified atom stereocenters. The van der Waals surface area contributed by atoms with Gasteiger partial charge in [-0.2, -0.15) is 5.26 Å². The number of carbonyl (C=O) groups excluding carboxylic acids is 1. The number of thiazole rings is 1. The van der Waals surface area contributed by atoms with Gasteiger partial charge in [0.15, 0.2) is 0 Å². The van der Waals surface area contributed by atoms with E-state index in [0.29, 0.717) is 24.5 Å². The highest BCUT2D eigenvalue weighted by atomic mass is 32.1. The van der Waals surface area contributed by atoms with E-state index in [1.807, 2.05) is 53.4 Å². The molecule has 6 nitrogen and oxygen atoms in total. The number of aromatic nitrogens is 1. The zero-order chi connectivity index (χ0) is 21.9. The summed E-state index contributed by atoms with van der Waals surface area (Å²) in [6, 6.07) is 15.6. The van der Waals surface area contributed by atoms with Crippen molar-refractivity contribution in [1.29, 1.82) is 5.26 Å². The molecule has 2 fully saturated rings. The van der Waals surface area contributed by atoms with Crippen LogP contribution in [0, 0.1) is 17.2 Å². The first-order valence-corrected chi connectivity index (χ1v) is 11.7. The van der Waals surface area contributed by atoms with Gasteiger partial charge >= 0.3 is 0 Å². The SMILES string of the molecule is N#Cc1cc(-c2cccc(NC(=O)[C@H]3C[C@@H]3c3cscn3)c2)ccc1OC1CCOCC1. The molecule has 1 N–H and O–H groups in total. The lowest BCUT2D eigenvalue weighted by atomic mass is 10.0. The van der Waals surface area contributed by atoms with Crippen molar-refractivity contribution in [3.8, 4) is 22.9 Å². The molecular weight excluding hydrogens is 422 g/mol. The third-order valence-electron chi connectivity index (χ3n) is 5.98. The number of nitrogens with one attached hydrogen (secondary N) is 1. The molecule has 2 heterocycles. The van der Waals surface area contributed by atoms with Crippen molar-refractivity contribution < 1.29 is 14.3 Å². The van der Waals surface area contributed by atoms with Crippen LogP contribution in [-0.4, -0.2) is 30.2 Å². The van der Waals surface area contributed by atoms with E-state index in [0.717, 1.165) is 41.8 Å². The molecule has 2 aliphatic rings. The second kappa shape index (κ2) is 9.11. The van der Waals surface area contributed by atoms with Crippen molar-refractivity contribution in [3.05, 3.63) is 64.6 Å². The lowest BCUT2D eigenvalue weighted by molar-refractivity contribution is -0.117. The molecule has 1 saturated heterocycles.